The van der Waals surface area contributed by atoms with Gasteiger partial charge in [0, 0.05) is 7.05 Å². The van der Waals surface area contributed by atoms with Crippen LogP contribution in [0.2, 0.25) is 0 Å². The Morgan fingerprint density at radius 2 is 1.94 bits per heavy atom. The van der Waals surface area contributed by atoms with Gasteiger partial charge in [0.15, 0.2) is 0 Å². The van der Waals surface area contributed by atoms with Crippen molar-refractivity contribution in [3.05, 3.63) is 29.8 Å². The van der Waals surface area contributed by atoms with Gasteiger partial charge in [-0.25, -0.2) is 5.01 Å². The topological polar surface area (TPSA) is 59.0 Å². The molecule has 1 amide bonds. The van der Waals surface area contributed by atoms with Gasteiger partial charge in [-0.2, -0.15) is 5.10 Å². The lowest BCUT2D eigenvalue weighted by Crippen LogP contribution is -2.30. The van der Waals surface area contributed by atoms with Gasteiger partial charge in [-0.1, -0.05) is 0 Å². The van der Waals surface area contributed by atoms with Crippen LogP contribution in [0.1, 0.15) is 12.5 Å². The van der Waals surface area contributed by atoms with Crippen molar-refractivity contribution in [1.82, 2.24) is 5.01 Å². The van der Waals surface area contributed by atoms with Crippen molar-refractivity contribution in [2.75, 3.05) is 14.2 Å². The molecule has 0 saturated carbocycles. The lowest BCUT2D eigenvalue weighted by molar-refractivity contribution is -0.135. The average molecular weight is 246 g/mol. The van der Waals surface area contributed by atoms with E-state index in [4.69, 9.17) is 4.74 Å². The summed E-state index contributed by atoms with van der Waals surface area (Å²) in [7, 11) is 3.13. The van der Waals surface area contributed by atoms with Crippen molar-refractivity contribution < 1.29 is 14.3 Å². The smallest absolute Gasteiger partial charge is 0.259 e. The molecule has 1 aromatic carbocycles. The van der Waals surface area contributed by atoms with Crippen LogP contribution in [0.3, 0.4) is 0 Å². The molecule has 1 aliphatic rings. The zero-order chi connectivity index (χ0) is 13.3. The number of ether oxygens (including phenoxy) is 1. The SMILES string of the molecule is COc1ccc(C2=NN(C)C(=O)C2C(C)=O)cc1. The predicted molar refractivity (Wildman–Crippen MR) is 66.5 cm³/mol. The highest BCUT2D eigenvalue weighted by atomic mass is 16.5. The summed E-state index contributed by atoms with van der Waals surface area (Å²) in [6, 6.07) is 7.13. The van der Waals surface area contributed by atoms with E-state index in [9.17, 15) is 9.59 Å². The third kappa shape index (κ3) is 1.99. The van der Waals surface area contributed by atoms with Crippen LogP contribution in [0.25, 0.3) is 0 Å². The summed E-state index contributed by atoms with van der Waals surface area (Å²) in [4.78, 5) is 23.4. The van der Waals surface area contributed by atoms with E-state index >= 15 is 0 Å². The number of rotatable bonds is 3. The molecule has 0 saturated heterocycles. The normalized spacial score (nSPS) is 18.8. The Morgan fingerprint density at radius 3 is 2.44 bits per heavy atom. The number of methoxy groups -OCH3 is 1. The second-order valence-corrected chi connectivity index (χ2v) is 4.12. The lowest BCUT2D eigenvalue weighted by Gasteiger charge is -2.08. The highest BCUT2D eigenvalue weighted by Gasteiger charge is 2.37. The summed E-state index contributed by atoms with van der Waals surface area (Å²) >= 11 is 0. The zero-order valence-corrected chi connectivity index (χ0v) is 10.5. The van der Waals surface area contributed by atoms with Crippen LogP contribution in [-0.2, 0) is 9.59 Å². The Kier molecular flexibility index (Phi) is 3.14. The molecule has 5 nitrogen and oxygen atoms in total. The lowest BCUT2D eigenvalue weighted by atomic mass is 9.94. The molecular formula is C13H14N2O3. The molecule has 1 aliphatic heterocycles. The number of hydrazone groups is 1. The van der Waals surface area contributed by atoms with Crippen molar-refractivity contribution >= 4 is 17.4 Å². The quantitative estimate of drug-likeness (QED) is 0.750. The van der Waals surface area contributed by atoms with Gasteiger partial charge in [0.25, 0.3) is 5.91 Å². The molecular weight excluding hydrogens is 232 g/mol. The molecule has 94 valence electrons. The first-order valence-electron chi connectivity index (χ1n) is 5.55. The molecule has 0 bridgehead atoms. The van der Waals surface area contributed by atoms with Crippen LogP contribution < -0.4 is 4.74 Å². The predicted octanol–water partition coefficient (Wildman–Crippen LogP) is 1.08. The minimum atomic E-state index is -0.789. The average Bonchev–Trinajstić information content (AvgIpc) is 2.66. The molecule has 0 spiro atoms. The van der Waals surface area contributed by atoms with E-state index in [1.54, 1.807) is 38.4 Å². The largest absolute Gasteiger partial charge is 0.497 e. The molecule has 5 heteroatoms. The summed E-state index contributed by atoms with van der Waals surface area (Å²) in [5, 5.41) is 5.35. The molecule has 0 radical (unpaired) electrons. The molecule has 0 aromatic heterocycles. The summed E-state index contributed by atoms with van der Waals surface area (Å²) in [6.07, 6.45) is 0. The first-order chi connectivity index (χ1) is 8.54. The Bertz CT molecular complexity index is 520. The van der Waals surface area contributed by atoms with Crippen LogP contribution in [-0.4, -0.2) is 36.6 Å². The van der Waals surface area contributed by atoms with Crippen LogP contribution in [0.5, 0.6) is 5.75 Å². The fourth-order valence-electron chi connectivity index (χ4n) is 1.93. The summed E-state index contributed by atoms with van der Waals surface area (Å²) in [5.41, 5.74) is 1.26. The minimum Gasteiger partial charge on any atom is -0.497 e. The van der Waals surface area contributed by atoms with Crippen molar-refractivity contribution in [2.45, 2.75) is 6.92 Å². The van der Waals surface area contributed by atoms with E-state index in [-0.39, 0.29) is 11.7 Å². The van der Waals surface area contributed by atoms with Gasteiger partial charge in [0.1, 0.15) is 17.5 Å². The number of carbonyl (C=O) groups excluding carboxylic acids is 2. The van der Waals surface area contributed by atoms with E-state index in [1.807, 2.05) is 0 Å². The van der Waals surface area contributed by atoms with E-state index in [0.717, 1.165) is 11.3 Å². The van der Waals surface area contributed by atoms with Gasteiger partial charge in [-0.3, -0.25) is 9.59 Å². The van der Waals surface area contributed by atoms with Crippen molar-refractivity contribution in [1.29, 1.82) is 0 Å². The third-order valence-electron chi connectivity index (χ3n) is 2.89. The Balaban J connectivity index is 2.38. The van der Waals surface area contributed by atoms with E-state index in [2.05, 4.69) is 5.10 Å². The fourth-order valence-corrected chi connectivity index (χ4v) is 1.93. The second-order valence-electron chi connectivity index (χ2n) is 4.12. The van der Waals surface area contributed by atoms with Gasteiger partial charge in [-0.05, 0) is 36.8 Å². The molecule has 1 atom stereocenters. The first kappa shape index (κ1) is 12.3. The van der Waals surface area contributed by atoms with Crippen molar-refractivity contribution in [3.8, 4) is 5.75 Å². The molecule has 0 aliphatic carbocycles. The molecule has 0 N–H and O–H groups in total. The molecule has 1 heterocycles. The van der Waals surface area contributed by atoms with Crippen LogP contribution >= 0.6 is 0 Å². The standard InChI is InChI=1S/C13H14N2O3/c1-8(16)11-12(14-15(2)13(11)17)9-4-6-10(18-3)7-5-9/h4-7,11H,1-3H3. The molecule has 18 heavy (non-hydrogen) atoms. The first-order valence-corrected chi connectivity index (χ1v) is 5.55. The van der Waals surface area contributed by atoms with Gasteiger partial charge >= 0.3 is 0 Å². The Hall–Kier alpha value is -2.17. The second kappa shape index (κ2) is 4.60. The highest BCUT2D eigenvalue weighted by molar-refractivity contribution is 6.27. The number of ketones is 1. The van der Waals surface area contributed by atoms with Crippen LogP contribution in [0.4, 0.5) is 0 Å². The number of Topliss-reactive ketones (excluding diaryl/α,β-unsaturated/α-hetero) is 1. The van der Waals surface area contributed by atoms with Crippen molar-refractivity contribution in [2.24, 2.45) is 11.0 Å². The monoisotopic (exact) mass is 246 g/mol. The number of carbonyl (C=O) groups is 2. The fraction of sp³-hybridized carbons (Fsp3) is 0.308. The zero-order valence-electron chi connectivity index (χ0n) is 10.5. The van der Waals surface area contributed by atoms with Gasteiger partial charge < -0.3 is 4.74 Å². The highest BCUT2D eigenvalue weighted by Crippen LogP contribution is 2.22. The van der Waals surface area contributed by atoms with E-state index in [1.165, 1.54) is 11.9 Å². The van der Waals surface area contributed by atoms with Gasteiger partial charge in [-0.15, -0.1) is 0 Å². The minimum absolute atomic E-state index is 0.195. The summed E-state index contributed by atoms with van der Waals surface area (Å²) < 4.78 is 5.06. The van der Waals surface area contributed by atoms with E-state index in [0.29, 0.717) is 5.71 Å². The van der Waals surface area contributed by atoms with Gasteiger partial charge in [0.2, 0.25) is 0 Å². The maximum absolute atomic E-state index is 11.8. The maximum Gasteiger partial charge on any atom is 0.259 e. The molecule has 0 fully saturated rings. The number of hydrogen-bond donors (Lipinski definition) is 0. The summed E-state index contributed by atoms with van der Waals surface area (Å²) in [6.45, 7) is 1.40. The molecule has 1 unspecified atom stereocenters. The van der Waals surface area contributed by atoms with Gasteiger partial charge in [0.05, 0.1) is 12.8 Å². The summed E-state index contributed by atoms with van der Waals surface area (Å²) in [5.74, 6) is -0.549. The maximum atomic E-state index is 11.8. The third-order valence-corrected chi connectivity index (χ3v) is 2.89. The van der Waals surface area contributed by atoms with Crippen molar-refractivity contribution in [3.63, 3.8) is 0 Å². The van der Waals surface area contributed by atoms with Crippen LogP contribution in [0, 0.1) is 5.92 Å². The van der Waals surface area contributed by atoms with E-state index < -0.39 is 5.92 Å². The Morgan fingerprint density at radius 1 is 1.33 bits per heavy atom. The number of benzene rings is 1. The van der Waals surface area contributed by atoms with Crippen LogP contribution in [0.15, 0.2) is 29.4 Å². The number of amides is 1. The Labute approximate surface area is 105 Å². The molecule has 2 rings (SSSR count). The number of nitrogens with zero attached hydrogens (tertiary/aromatic N) is 2. The molecule has 1 aromatic rings. The number of hydrogen-bond acceptors (Lipinski definition) is 4.